The molecular weight excluding hydrogens is 209 g/mol. The number of aliphatic hydroxyl groups excluding tert-OH is 1. The molecule has 1 aromatic heterocycles. The molecule has 1 N–H and O–H groups in total. The Morgan fingerprint density at radius 1 is 1.44 bits per heavy atom. The number of aliphatic hydroxyl groups is 1. The smallest absolute Gasteiger partial charge is 0.123 e. The molecule has 0 aliphatic rings. The van der Waals surface area contributed by atoms with Crippen LogP contribution in [0.15, 0.2) is 24.4 Å². The van der Waals surface area contributed by atoms with Crippen LogP contribution in [0.3, 0.4) is 0 Å². The zero-order chi connectivity index (χ0) is 11.7. The van der Waals surface area contributed by atoms with Gasteiger partial charge in [0.2, 0.25) is 0 Å². The Hall–Kier alpha value is -1.75. The van der Waals surface area contributed by atoms with E-state index in [9.17, 15) is 9.50 Å². The fraction of sp³-hybridized carbons (Fsp3) is 0.273. The molecule has 0 aliphatic heterocycles. The van der Waals surface area contributed by atoms with Gasteiger partial charge in [-0.15, -0.1) is 0 Å². The fourth-order valence-electron chi connectivity index (χ4n) is 1.58. The number of aryl methyl sites for hydroxylation is 1. The first-order valence-corrected chi connectivity index (χ1v) is 4.92. The first-order chi connectivity index (χ1) is 7.58. The first kappa shape index (κ1) is 10.8. The predicted octanol–water partition coefficient (Wildman–Crippen LogP) is 1.67. The van der Waals surface area contributed by atoms with E-state index in [4.69, 9.17) is 0 Å². The normalized spacial score (nSPS) is 12.8. The predicted molar refractivity (Wildman–Crippen MR) is 57.0 cm³/mol. The molecule has 1 unspecified atom stereocenters. The van der Waals surface area contributed by atoms with E-state index >= 15 is 0 Å². The summed E-state index contributed by atoms with van der Waals surface area (Å²) < 4.78 is 13.1. The minimum Gasteiger partial charge on any atom is -0.389 e. The fourth-order valence-corrected chi connectivity index (χ4v) is 1.58. The largest absolute Gasteiger partial charge is 0.389 e. The third-order valence-corrected chi connectivity index (χ3v) is 2.34. The Balaban J connectivity index is 2.56. The summed E-state index contributed by atoms with van der Waals surface area (Å²) in [6, 6.07) is 4.26. The molecule has 0 bridgehead atoms. The van der Waals surface area contributed by atoms with Crippen LogP contribution in [0.25, 0.3) is 11.3 Å². The van der Waals surface area contributed by atoms with Gasteiger partial charge in [0.15, 0.2) is 0 Å². The average molecular weight is 221 g/mol. The molecule has 1 heterocycles. The van der Waals surface area contributed by atoms with E-state index in [1.54, 1.807) is 26.2 Å². The molecule has 4 nitrogen and oxygen atoms in total. The van der Waals surface area contributed by atoms with Gasteiger partial charge < -0.3 is 5.11 Å². The van der Waals surface area contributed by atoms with Crippen LogP contribution in [0.2, 0.25) is 0 Å². The third-order valence-electron chi connectivity index (χ3n) is 2.34. The maximum absolute atomic E-state index is 13.1. The molecule has 0 saturated carbocycles. The summed E-state index contributed by atoms with van der Waals surface area (Å²) in [5, 5.41) is 17.6. The number of aromatic nitrogens is 3. The Bertz CT molecular complexity index is 508. The SMILES string of the molecule is CC(O)c1cc(F)ccc1-c1cnn(C)n1. The van der Waals surface area contributed by atoms with Crippen molar-refractivity contribution in [2.45, 2.75) is 13.0 Å². The van der Waals surface area contributed by atoms with Crippen LogP contribution in [-0.4, -0.2) is 20.1 Å². The van der Waals surface area contributed by atoms with Crippen LogP contribution in [0.4, 0.5) is 4.39 Å². The number of benzene rings is 1. The Kier molecular flexibility index (Phi) is 2.70. The van der Waals surface area contributed by atoms with Crippen LogP contribution in [-0.2, 0) is 7.05 Å². The molecule has 0 aliphatic carbocycles. The van der Waals surface area contributed by atoms with E-state index in [0.717, 1.165) is 0 Å². The summed E-state index contributed by atoms with van der Waals surface area (Å²) in [4.78, 5) is 1.42. The van der Waals surface area contributed by atoms with Gasteiger partial charge in [0.1, 0.15) is 11.5 Å². The monoisotopic (exact) mass is 221 g/mol. The molecule has 5 heteroatoms. The minimum atomic E-state index is -0.743. The Morgan fingerprint density at radius 2 is 2.19 bits per heavy atom. The molecule has 2 rings (SSSR count). The van der Waals surface area contributed by atoms with Crippen molar-refractivity contribution in [2.24, 2.45) is 7.05 Å². The number of rotatable bonds is 2. The lowest BCUT2D eigenvalue weighted by Gasteiger charge is -2.09. The Labute approximate surface area is 92.3 Å². The van der Waals surface area contributed by atoms with E-state index in [1.165, 1.54) is 16.9 Å². The quantitative estimate of drug-likeness (QED) is 0.839. The van der Waals surface area contributed by atoms with Crippen molar-refractivity contribution >= 4 is 0 Å². The van der Waals surface area contributed by atoms with Gasteiger partial charge in [0.25, 0.3) is 0 Å². The average Bonchev–Trinajstić information content (AvgIpc) is 2.64. The van der Waals surface area contributed by atoms with E-state index in [-0.39, 0.29) is 5.82 Å². The molecule has 0 fully saturated rings. The lowest BCUT2D eigenvalue weighted by Crippen LogP contribution is -1.97. The van der Waals surface area contributed by atoms with Crippen molar-refractivity contribution < 1.29 is 9.50 Å². The zero-order valence-electron chi connectivity index (χ0n) is 9.05. The summed E-state index contributed by atoms with van der Waals surface area (Å²) in [5.41, 5.74) is 1.84. The zero-order valence-corrected chi connectivity index (χ0v) is 9.05. The Morgan fingerprint density at radius 3 is 2.75 bits per heavy atom. The van der Waals surface area contributed by atoms with Crippen LogP contribution < -0.4 is 0 Å². The highest BCUT2D eigenvalue weighted by Crippen LogP contribution is 2.27. The van der Waals surface area contributed by atoms with Gasteiger partial charge in [-0.25, -0.2) is 4.39 Å². The molecule has 1 atom stereocenters. The van der Waals surface area contributed by atoms with Crippen molar-refractivity contribution in [3.63, 3.8) is 0 Å². The van der Waals surface area contributed by atoms with E-state index in [2.05, 4.69) is 10.2 Å². The maximum atomic E-state index is 13.1. The molecule has 1 aromatic carbocycles. The van der Waals surface area contributed by atoms with Crippen molar-refractivity contribution in [3.8, 4) is 11.3 Å². The summed E-state index contributed by atoms with van der Waals surface area (Å²) in [6.07, 6.45) is 0.840. The van der Waals surface area contributed by atoms with Crippen molar-refractivity contribution in [3.05, 3.63) is 35.8 Å². The lowest BCUT2D eigenvalue weighted by molar-refractivity contribution is 0.199. The van der Waals surface area contributed by atoms with Crippen LogP contribution in [0.1, 0.15) is 18.6 Å². The van der Waals surface area contributed by atoms with Gasteiger partial charge in [-0.2, -0.15) is 15.0 Å². The van der Waals surface area contributed by atoms with Gasteiger partial charge in [-0.1, -0.05) is 0 Å². The molecular formula is C11H12FN3O. The van der Waals surface area contributed by atoms with Gasteiger partial charge in [-0.05, 0) is 30.7 Å². The number of nitrogens with zero attached hydrogens (tertiary/aromatic N) is 3. The summed E-state index contributed by atoms with van der Waals surface area (Å²) in [5.74, 6) is -0.372. The number of hydrogen-bond acceptors (Lipinski definition) is 3. The molecule has 84 valence electrons. The van der Waals surface area contributed by atoms with Crippen molar-refractivity contribution in [1.82, 2.24) is 15.0 Å². The highest BCUT2D eigenvalue weighted by atomic mass is 19.1. The topological polar surface area (TPSA) is 50.9 Å². The highest BCUT2D eigenvalue weighted by Gasteiger charge is 2.13. The minimum absolute atomic E-state index is 0.372. The van der Waals surface area contributed by atoms with Crippen molar-refractivity contribution in [1.29, 1.82) is 0 Å². The van der Waals surface area contributed by atoms with Crippen LogP contribution in [0.5, 0.6) is 0 Å². The number of hydrogen-bond donors (Lipinski definition) is 1. The second kappa shape index (κ2) is 4.02. The first-order valence-electron chi connectivity index (χ1n) is 4.92. The van der Waals surface area contributed by atoms with Crippen LogP contribution in [0, 0.1) is 5.82 Å². The van der Waals surface area contributed by atoms with Gasteiger partial charge >= 0.3 is 0 Å². The molecule has 0 saturated heterocycles. The highest BCUT2D eigenvalue weighted by molar-refractivity contribution is 5.63. The molecule has 16 heavy (non-hydrogen) atoms. The molecule has 0 radical (unpaired) electrons. The second-order valence-electron chi connectivity index (χ2n) is 3.63. The van der Waals surface area contributed by atoms with E-state index < -0.39 is 6.10 Å². The van der Waals surface area contributed by atoms with Gasteiger partial charge in [-0.3, -0.25) is 0 Å². The van der Waals surface area contributed by atoms with E-state index in [1.807, 2.05) is 0 Å². The van der Waals surface area contributed by atoms with Crippen molar-refractivity contribution in [2.75, 3.05) is 0 Å². The summed E-state index contributed by atoms with van der Waals surface area (Å²) in [6.45, 7) is 1.59. The maximum Gasteiger partial charge on any atom is 0.123 e. The van der Waals surface area contributed by atoms with Crippen LogP contribution >= 0.6 is 0 Å². The molecule has 0 spiro atoms. The van der Waals surface area contributed by atoms with E-state index in [0.29, 0.717) is 16.8 Å². The molecule has 0 amide bonds. The summed E-state index contributed by atoms with van der Waals surface area (Å²) in [7, 11) is 1.70. The third kappa shape index (κ3) is 1.94. The van der Waals surface area contributed by atoms with Gasteiger partial charge in [0, 0.05) is 12.6 Å². The summed E-state index contributed by atoms with van der Waals surface area (Å²) >= 11 is 0. The second-order valence-corrected chi connectivity index (χ2v) is 3.63. The lowest BCUT2D eigenvalue weighted by atomic mass is 10.0. The standard InChI is InChI=1S/C11H12FN3O/c1-7(16)10-5-8(12)3-4-9(10)11-6-13-15(2)14-11/h3-7,16H,1-2H3. The van der Waals surface area contributed by atoms with Gasteiger partial charge in [0.05, 0.1) is 12.3 Å². The number of halogens is 1. The molecule has 2 aromatic rings.